The van der Waals surface area contributed by atoms with Crippen molar-refractivity contribution in [1.82, 2.24) is 19.9 Å². The van der Waals surface area contributed by atoms with Crippen molar-refractivity contribution in [1.29, 1.82) is 0 Å². The second-order valence-corrected chi connectivity index (χ2v) is 14.3. The number of nitrogens with zero attached hydrogens (tertiary/aromatic N) is 3. The minimum atomic E-state index is -1.37. The number of hydrogen-bond donors (Lipinski definition) is 5. The maximum Gasteiger partial charge on any atom is 0.354 e. The zero-order valence-electron chi connectivity index (χ0n) is 29.1. The number of carboxylic acids is 1. The third-order valence-corrected chi connectivity index (χ3v) is 9.40. The van der Waals surface area contributed by atoms with Gasteiger partial charge in [-0.15, -0.1) is 0 Å². The molecule has 0 aliphatic heterocycles. The lowest BCUT2D eigenvalue weighted by Crippen LogP contribution is -2.39. The van der Waals surface area contributed by atoms with Crippen molar-refractivity contribution in [2.45, 2.75) is 89.9 Å². The maximum absolute atomic E-state index is 13.5. The number of rotatable bonds is 7. The Morgan fingerprint density at radius 2 is 1.76 bits per heavy atom. The van der Waals surface area contributed by atoms with Crippen LogP contribution in [0.5, 0.6) is 0 Å². The van der Waals surface area contributed by atoms with Crippen molar-refractivity contribution in [2.24, 2.45) is 5.73 Å². The number of aromatic nitrogens is 3. The first-order valence-corrected chi connectivity index (χ1v) is 17.3. The number of nitrogens with one attached hydrogen (secondary N) is 2. The molecule has 270 valence electrons. The first kappa shape index (κ1) is 37.4. The fraction of sp³-hybridized carbons (Fsp3) is 0.405. The minimum Gasteiger partial charge on any atom is -0.477 e. The van der Waals surface area contributed by atoms with E-state index < -0.39 is 46.7 Å². The van der Waals surface area contributed by atoms with E-state index in [1.54, 1.807) is 57.2 Å². The minimum absolute atomic E-state index is 0.0384. The number of amides is 2. The molecule has 14 heteroatoms. The van der Waals surface area contributed by atoms with Gasteiger partial charge in [0.1, 0.15) is 16.9 Å². The third kappa shape index (κ3) is 8.55. The summed E-state index contributed by atoms with van der Waals surface area (Å²) >= 11 is 6.15. The quantitative estimate of drug-likeness (QED) is 0.149. The van der Waals surface area contributed by atoms with Crippen molar-refractivity contribution in [3.63, 3.8) is 0 Å². The Labute approximate surface area is 300 Å². The van der Waals surface area contributed by atoms with Crippen LogP contribution in [0, 0.1) is 6.92 Å². The van der Waals surface area contributed by atoms with Crippen LogP contribution in [0.4, 0.5) is 5.69 Å². The second kappa shape index (κ2) is 15.2. The van der Waals surface area contributed by atoms with E-state index in [0.29, 0.717) is 35.7 Å². The van der Waals surface area contributed by atoms with Crippen molar-refractivity contribution >= 4 is 46.7 Å². The standard InChI is InChI=1S/C30H28ClN5O6.C7H15NO/c1-15-16-11-12-21(18(16)10-9-17(15)29(41)42-30(2,3)4)34-27(38)24-13-23(28(39)40)33-25-19(14-32-36(24)25)26(37)35-22-8-6-5-7-20(22)31;8-6-7(9)4-2-1-3-5-7/h5-10,13-14,21H,11-12H2,1-4H3,(H,34,38)(H,35,37)(H,39,40);9H,1-6,8H2/t21-;/m0./s1. The molecule has 2 heterocycles. The van der Waals surface area contributed by atoms with Gasteiger partial charge < -0.3 is 31.3 Å². The van der Waals surface area contributed by atoms with Crippen LogP contribution >= 0.6 is 11.6 Å². The van der Waals surface area contributed by atoms with Gasteiger partial charge in [-0.2, -0.15) is 5.10 Å². The first-order valence-electron chi connectivity index (χ1n) is 16.9. The molecule has 0 bridgehead atoms. The van der Waals surface area contributed by atoms with E-state index in [9.17, 15) is 29.4 Å². The third-order valence-electron chi connectivity index (χ3n) is 9.07. The summed E-state index contributed by atoms with van der Waals surface area (Å²) < 4.78 is 6.67. The van der Waals surface area contributed by atoms with Crippen molar-refractivity contribution in [3.05, 3.63) is 92.9 Å². The van der Waals surface area contributed by atoms with Crippen molar-refractivity contribution < 1.29 is 34.1 Å². The molecule has 6 rings (SSSR count). The normalized spacial score (nSPS) is 16.4. The summed E-state index contributed by atoms with van der Waals surface area (Å²) in [5.41, 5.74) is 7.00. The number of ether oxygens (including phenoxy) is 1. The number of carboxylic acid groups (broad SMARTS) is 1. The number of nitrogens with two attached hydrogens (primary N) is 1. The van der Waals surface area contributed by atoms with Gasteiger partial charge in [-0.25, -0.2) is 19.1 Å². The number of carbonyl (C=O) groups excluding carboxylic acids is 3. The predicted molar refractivity (Wildman–Crippen MR) is 191 cm³/mol. The first-order chi connectivity index (χ1) is 24.1. The topological polar surface area (TPSA) is 198 Å². The largest absolute Gasteiger partial charge is 0.477 e. The number of aliphatic hydroxyl groups is 1. The van der Waals surface area contributed by atoms with E-state index in [-0.39, 0.29) is 16.9 Å². The summed E-state index contributed by atoms with van der Waals surface area (Å²) in [7, 11) is 0. The summed E-state index contributed by atoms with van der Waals surface area (Å²) in [5, 5.41) is 29.3. The van der Waals surface area contributed by atoms with E-state index in [1.165, 1.54) is 12.6 Å². The molecular weight excluding hydrogens is 676 g/mol. The van der Waals surface area contributed by atoms with Crippen LogP contribution in [0.15, 0.2) is 48.7 Å². The number of aromatic carboxylic acids is 1. The molecule has 2 aromatic carbocycles. The van der Waals surface area contributed by atoms with Gasteiger partial charge >= 0.3 is 11.9 Å². The number of benzene rings is 2. The van der Waals surface area contributed by atoms with Gasteiger partial charge in [-0.3, -0.25) is 9.59 Å². The highest BCUT2D eigenvalue weighted by Gasteiger charge is 2.31. The molecule has 0 radical (unpaired) electrons. The molecular formula is C37H43ClN6O7. The highest BCUT2D eigenvalue weighted by Crippen LogP contribution is 2.35. The maximum atomic E-state index is 13.5. The Bertz CT molecular complexity index is 1980. The Hall–Kier alpha value is -4.85. The van der Waals surface area contributed by atoms with Crippen molar-refractivity contribution in [3.8, 4) is 0 Å². The molecule has 0 spiro atoms. The zero-order valence-corrected chi connectivity index (χ0v) is 29.8. The van der Waals surface area contributed by atoms with Crippen LogP contribution in [0.2, 0.25) is 5.02 Å². The lowest BCUT2D eigenvalue weighted by atomic mass is 9.85. The Balaban J connectivity index is 0.000000488. The summed E-state index contributed by atoms with van der Waals surface area (Å²) in [6.45, 7) is 7.70. The molecule has 1 saturated carbocycles. The SMILES string of the molecule is Cc1c(C(=O)OC(C)(C)C)ccc2c1CC[C@@H]2NC(=O)c1cc(C(=O)O)nc2c(C(=O)Nc3ccccc3Cl)cnn12.NCC1(O)CCCCC1. The molecule has 0 unspecified atom stereocenters. The molecule has 13 nitrogen and oxygen atoms in total. The van der Waals surface area contributed by atoms with Crippen LogP contribution < -0.4 is 16.4 Å². The zero-order chi connectivity index (χ0) is 37.1. The van der Waals surface area contributed by atoms with E-state index in [4.69, 9.17) is 22.1 Å². The summed E-state index contributed by atoms with van der Waals surface area (Å²) in [5.74, 6) is -3.01. The van der Waals surface area contributed by atoms with Crippen LogP contribution in [0.1, 0.15) is 124 Å². The number of para-hydroxylation sites is 1. The number of halogens is 1. The molecule has 1 atom stereocenters. The fourth-order valence-electron chi connectivity index (χ4n) is 6.38. The second-order valence-electron chi connectivity index (χ2n) is 13.9. The highest BCUT2D eigenvalue weighted by atomic mass is 35.5. The molecule has 1 fully saturated rings. The number of carbonyl (C=O) groups is 4. The van der Waals surface area contributed by atoms with Gasteiger partial charge in [0.15, 0.2) is 11.3 Å². The molecule has 2 aromatic heterocycles. The van der Waals surface area contributed by atoms with Gasteiger partial charge in [0.2, 0.25) is 0 Å². The average molecular weight is 719 g/mol. The van der Waals surface area contributed by atoms with Crippen LogP contribution in [-0.4, -0.2) is 66.3 Å². The van der Waals surface area contributed by atoms with Gasteiger partial charge in [0, 0.05) is 12.6 Å². The monoisotopic (exact) mass is 718 g/mol. The highest BCUT2D eigenvalue weighted by molar-refractivity contribution is 6.34. The molecule has 0 saturated heterocycles. The smallest absolute Gasteiger partial charge is 0.354 e. The summed E-state index contributed by atoms with van der Waals surface area (Å²) in [6, 6.07) is 10.8. The van der Waals surface area contributed by atoms with Gasteiger partial charge in [0.25, 0.3) is 11.8 Å². The van der Waals surface area contributed by atoms with E-state index in [1.807, 2.05) is 6.92 Å². The predicted octanol–water partition coefficient (Wildman–Crippen LogP) is 5.65. The van der Waals surface area contributed by atoms with E-state index in [2.05, 4.69) is 20.7 Å². The number of esters is 1. The van der Waals surface area contributed by atoms with Crippen LogP contribution in [-0.2, 0) is 11.2 Å². The number of anilines is 1. The van der Waals surface area contributed by atoms with E-state index in [0.717, 1.165) is 53.0 Å². The van der Waals surface area contributed by atoms with Crippen molar-refractivity contribution in [2.75, 3.05) is 11.9 Å². The molecule has 4 aromatic rings. The molecule has 2 amide bonds. The Morgan fingerprint density at radius 3 is 2.39 bits per heavy atom. The van der Waals surface area contributed by atoms with Crippen LogP contribution in [0.3, 0.4) is 0 Å². The Kier molecular flexibility index (Phi) is 11.1. The fourth-order valence-corrected chi connectivity index (χ4v) is 6.56. The van der Waals surface area contributed by atoms with Gasteiger partial charge in [0.05, 0.1) is 34.1 Å². The van der Waals surface area contributed by atoms with E-state index >= 15 is 0 Å². The average Bonchev–Trinajstić information content (AvgIpc) is 3.70. The van der Waals surface area contributed by atoms with Crippen LogP contribution in [0.25, 0.3) is 5.65 Å². The summed E-state index contributed by atoms with van der Waals surface area (Å²) in [6.07, 6.45) is 7.79. The summed E-state index contributed by atoms with van der Waals surface area (Å²) in [4.78, 5) is 55.3. The number of fused-ring (bicyclic) bond motifs is 2. The molecule has 2 aliphatic carbocycles. The van der Waals surface area contributed by atoms with Gasteiger partial charge in [-0.1, -0.05) is 49.1 Å². The molecule has 2 aliphatic rings. The number of hydrogen-bond acceptors (Lipinski definition) is 9. The van der Waals surface area contributed by atoms with Gasteiger partial charge in [-0.05, 0) is 88.3 Å². The lowest BCUT2D eigenvalue weighted by molar-refractivity contribution is 0.00674. The molecule has 6 N–H and O–H groups in total. The molecule has 51 heavy (non-hydrogen) atoms. The lowest BCUT2D eigenvalue weighted by Gasteiger charge is -2.30. The Morgan fingerprint density at radius 1 is 1.06 bits per heavy atom.